The summed E-state index contributed by atoms with van der Waals surface area (Å²) in [6.07, 6.45) is 1.52. The van der Waals surface area contributed by atoms with Gasteiger partial charge in [-0.2, -0.15) is 5.10 Å². The SMILES string of the molecule is CC(=O)c1c[nH]c(C(=O)NC(c2ccccc2)c2n[nH]c(C)n2)c1. The molecule has 0 aliphatic rings. The van der Waals surface area contributed by atoms with Crippen LogP contribution in [0.1, 0.15) is 51.0 Å². The number of carbonyl (C=O) groups is 2. The van der Waals surface area contributed by atoms with Crippen LogP contribution in [0.15, 0.2) is 42.6 Å². The Morgan fingerprint density at radius 1 is 1.21 bits per heavy atom. The lowest BCUT2D eigenvalue weighted by Gasteiger charge is -2.15. The molecule has 0 saturated carbocycles. The van der Waals surface area contributed by atoms with Gasteiger partial charge in [0.2, 0.25) is 0 Å². The summed E-state index contributed by atoms with van der Waals surface area (Å²) in [5.41, 5.74) is 1.64. The first-order valence-electron chi connectivity index (χ1n) is 7.48. The van der Waals surface area contributed by atoms with Crippen molar-refractivity contribution in [1.82, 2.24) is 25.5 Å². The van der Waals surface area contributed by atoms with Gasteiger partial charge in [-0.1, -0.05) is 30.3 Å². The number of aromatic amines is 2. The topological polar surface area (TPSA) is 104 Å². The molecular weight excluding hydrogens is 306 g/mol. The van der Waals surface area contributed by atoms with Crippen LogP contribution in [-0.4, -0.2) is 31.9 Å². The van der Waals surface area contributed by atoms with Crippen molar-refractivity contribution >= 4 is 11.7 Å². The molecule has 24 heavy (non-hydrogen) atoms. The molecule has 0 fully saturated rings. The van der Waals surface area contributed by atoms with Gasteiger partial charge in [-0.3, -0.25) is 14.7 Å². The third-order valence-electron chi connectivity index (χ3n) is 3.62. The normalized spacial score (nSPS) is 11.9. The Balaban J connectivity index is 1.88. The van der Waals surface area contributed by atoms with E-state index in [9.17, 15) is 9.59 Å². The second kappa shape index (κ2) is 6.49. The van der Waals surface area contributed by atoms with Crippen molar-refractivity contribution < 1.29 is 9.59 Å². The Kier molecular flexibility index (Phi) is 4.24. The van der Waals surface area contributed by atoms with E-state index < -0.39 is 6.04 Å². The number of aryl methyl sites for hydroxylation is 1. The summed E-state index contributed by atoms with van der Waals surface area (Å²) in [6.45, 7) is 3.25. The average molecular weight is 323 g/mol. The molecular formula is C17H17N5O2. The van der Waals surface area contributed by atoms with Crippen LogP contribution in [0, 0.1) is 6.92 Å². The second-order valence-electron chi connectivity index (χ2n) is 5.45. The zero-order valence-electron chi connectivity index (χ0n) is 13.3. The minimum atomic E-state index is -0.493. The first-order chi connectivity index (χ1) is 11.5. The Bertz CT molecular complexity index is 866. The number of aromatic nitrogens is 4. The Morgan fingerprint density at radius 3 is 2.54 bits per heavy atom. The summed E-state index contributed by atoms with van der Waals surface area (Å²) in [5, 5.41) is 9.85. The van der Waals surface area contributed by atoms with E-state index in [1.54, 1.807) is 6.92 Å². The standard InChI is InChI=1S/C17H17N5O2/c1-10(23)13-8-14(18-9-13)17(24)20-15(12-6-4-3-5-7-12)16-19-11(2)21-22-16/h3-9,15,18H,1-2H3,(H,20,24)(H,19,21,22). The number of amides is 1. The monoisotopic (exact) mass is 323 g/mol. The lowest BCUT2D eigenvalue weighted by molar-refractivity contribution is 0.0937. The Labute approximate surface area is 138 Å². The molecule has 3 N–H and O–H groups in total. The van der Waals surface area contributed by atoms with Crippen molar-refractivity contribution in [2.24, 2.45) is 0 Å². The maximum absolute atomic E-state index is 12.5. The number of carbonyl (C=O) groups excluding carboxylic acids is 2. The summed E-state index contributed by atoms with van der Waals surface area (Å²) in [7, 11) is 0. The van der Waals surface area contributed by atoms with E-state index in [0.29, 0.717) is 22.9 Å². The first-order valence-corrected chi connectivity index (χ1v) is 7.48. The van der Waals surface area contributed by atoms with Crippen LogP contribution in [0.25, 0.3) is 0 Å². The largest absolute Gasteiger partial charge is 0.356 e. The third kappa shape index (κ3) is 3.24. The maximum atomic E-state index is 12.5. The van der Waals surface area contributed by atoms with Crippen LogP contribution in [0.3, 0.4) is 0 Å². The van der Waals surface area contributed by atoms with Crippen molar-refractivity contribution in [3.8, 4) is 0 Å². The van der Waals surface area contributed by atoms with Gasteiger partial charge >= 0.3 is 0 Å². The predicted octanol–water partition coefficient (Wildman–Crippen LogP) is 2.16. The molecule has 122 valence electrons. The van der Waals surface area contributed by atoms with E-state index in [0.717, 1.165) is 5.56 Å². The zero-order valence-corrected chi connectivity index (χ0v) is 13.3. The van der Waals surface area contributed by atoms with Crippen LogP contribution in [-0.2, 0) is 0 Å². The van der Waals surface area contributed by atoms with E-state index >= 15 is 0 Å². The van der Waals surface area contributed by atoms with Crippen LogP contribution >= 0.6 is 0 Å². The molecule has 0 spiro atoms. The first kappa shape index (κ1) is 15.7. The molecule has 0 aliphatic carbocycles. The van der Waals surface area contributed by atoms with Crippen LogP contribution in [0.4, 0.5) is 0 Å². The van der Waals surface area contributed by atoms with Gasteiger partial charge in [0.15, 0.2) is 11.6 Å². The van der Waals surface area contributed by atoms with E-state index in [1.807, 2.05) is 30.3 Å². The number of ketones is 1. The van der Waals surface area contributed by atoms with E-state index in [-0.39, 0.29) is 11.7 Å². The van der Waals surface area contributed by atoms with Crippen molar-refractivity contribution in [1.29, 1.82) is 0 Å². The predicted molar refractivity (Wildman–Crippen MR) is 87.7 cm³/mol. The molecule has 7 heteroatoms. The number of H-pyrrole nitrogens is 2. The van der Waals surface area contributed by atoms with Gasteiger partial charge in [-0.25, -0.2) is 4.98 Å². The molecule has 0 bridgehead atoms. The highest BCUT2D eigenvalue weighted by molar-refractivity contribution is 5.99. The van der Waals surface area contributed by atoms with Crippen molar-refractivity contribution in [3.05, 3.63) is 71.1 Å². The molecule has 0 radical (unpaired) electrons. The Morgan fingerprint density at radius 2 is 1.96 bits per heavy atom. The average Bonchev–Trinajstić information content (AvgIpc) is 3.22. The van der Waals surface area contributed by atoms with Crippen molar-refractivity contribution in [2.75, 3.05) is 0 Å². The van der Waals surface area contributed by atoms with Crippen molar-refractivity contribution in [3.63, 3.8) is 0 Å². The number of nitrogens with one attached hydrogen (secondary N) is 3. The number of benzene rings is 1. The zero-order chi connectivity index (χ0) is 17.1. The van der Waals surface area contributed by atoms with Gasteiger partial charge in [-0.05, 0) is 25.5 Å². The number of nitrogens with zero attached hydrogens (tertiary/aromatic N) is 2. The van der Waals surface area contributed by atoms with Gasteiger partial charge in [0, 0.05) is 11.8 Å². The molecule has 1 unspecified atom stereocenters. The molecule has 1 atom stereocenters. The lowest BCUT2D eigenvalue weighted by Crippen LogP contribution is -2.30. The number of Topliss-reactive ketones (excluding diaryl/α,β-unsaturated/α-hetero) is 1. The highest BCUT2D eigenvalue weighted by atomic mass is 16.2. The van der Waals surface area contributed by atoms with E-state index in [2.05, 4.69) is 25.5 Å². The molecule has 1 amide bonds. The lowest BCUT2D eigenvalue weighted by atomic mass is 10.1. The summed E-state index contributed by atoms with van der Waals surface area (Å²) < 4.78 is 0. The quantitative estimate of drug-likeness (QED) is 0.626. The van der Waals surface area contributed by atoms with Gasteiger partial charge in [0.1, 0.15) is 17.6 Å². The van der Waals surface area contributed by atoms with Crippen LogP contribution < -0.4 is 5.32 Å². The summed E-state index contributed by atoms with van der Waals surface area (Å²) in [5.74, 6) is 0.706. The summed E-state index contributed by atoms with van der Waals surface area (Å²) >= 11 is 0. The molecule has 2 heterocycles. The third-order valence-corrected chi connectivity index (χ3v) is 3.62. The molecule has 0 aliphatic heterocycles. The highest BCUT2D eigenvalue weighted by Crippen LogP contribution is 2.19. The fourth-order valence-electron chi connectivity index (χ4n) is 2.37. The van der Waals surface area contributed by atoms with Gasteiger partial charge in [0.05, 0.1) is 0 Å². The van der Waals surface area contributed by atoms with E-state index in [4.69, 9.17) is 0 Å². The van der Waals surface area contributed by atoms with E-state index in [1.165, 1.54) is 19.2 Å². The fraction of sp³-hybridized carbons (Fsp3) is 0.176. The van der Waals surface area contributed by atoms with Crippen LogP contribution in [0.2, 0.25) is 0 Å². The van der Waals surface area contributed by atoms with Gasteiger partial charge in [-0.15, -0.1) is 0 Å². The molecule has 1 aromatic carbocycles. The molecule has 0 saturated heterocycles. The summed E-state index contributed by atoms with van der Waals surface area (Å²) in [4.78, 5) is 31.0. The number of hydrogen-bond donors (Lipinski definition) is 3. The molecule has 7 nitrogen and oxygen atoms in total. The highest BCUT2D eigenvalue weighted by Gasteiger charge is 2.22. The van der Waals surface area contributed by atoms with Crippen molar-refractivity contribution in [2.45, 2.75) is 19.9 Å². The van der Waals surface area contributed by atoms with Crippen LogP contribution in [0.5, 0.6) is 0 Å². The Hall–Kier alpha value is -3.22. The number of hydrogen-bond acceptors (Lipinski definition) is 4. The second-order valence-corrected chi connectivity index (χ2v) is 5.45. The molecule has 3 aromatic rings. The van der Waals surface area contributed by atoms with Gasteiger partial charge in [0.25, 0.3) is 5.91 Å². The minimum Gasteiger partial charge on any atom is -0.356 e. The van der Waals surface area contributed by atoms with Gasteiger partial charge < -0.3 is 10.3 Å². The molecule has 3 rings (SSSR count). The fourth-order valence-corrected chi connectivity index (χ4v) is 2.37. The maximum Gasteiger partial charge on any atom is 0.268 e. The minimum absolute atomic E-state index is 0.102. The smallest absolute Gasteiger partial charge is 0.268 e. The number of rotatable bonds is 5. The molecule has 2 aromatic heterocycles. The summed E-state index contributed by atoms with van der Waals surface area (Å²) in [6, 6.07) is 10.5.